The molecule has 0 bridgehead atoms. The average Bonchev–Trinajstić information content (AvgIpc) is 2.66. The molecule has 0 aliphatic heterocycles. The van der Waals surface area contributed by atoms with Gasteiger partial charge in [-0.1, -0.05) is 18.2 Å². The fourth-order valence-electron chi connectivity index (χ4n) is 2.89. The van der Waals surface area contributed by atoms with E-state index >= 15 is 0 Å². The minimum absolute atomic E-state index is 0.0183. The molecule has 0 aromatic heterocycles. The van der Waals surface area contributed by atoms with Crippen molar-refractivity contribution in [2.45, 2.75) is 13.1 Å². The van der Waals surface area contributed by atoms with Gasteiger partial charge in [0.25, 0.3) is 0 Å². The van der Waals surface area contributed by atoms with E-state index in [-0.39, 0.29) is 47.3 Å². The standard InChI is InChI=1S/C21H19NO6/c23-16-6-8-19(25)15(9-16)12-22(11-14-3-1-2-4-18(14)24)17-10-13(21(27)28)5-7-20(17)26/h1-10,23-26H,11-12H2,(H,27,28). The minimum atomic E-state index is -1.15. The van der Waals surface area contributed by atoms with Crippen molar-refractivity contribution in [2.24, 2.45) is 0 Å². The number of carbonyl (C=O) groups is 1. The van der Waals surface area contributed by atoms with Crippen molar-refractivity contribution in [3.8, 4) is 23.0 Å². The van der Waals surface area contributed by atoms with E-state index in [1.807, 2.05) is 0 Å². The Bertz CT molecular complexity index is 1020. The van der Waals surface area contributed by atoms with Crippen LogP contribution in [0.3, 0.4) is 0 Å². The van der Waals surface area contributed by atoms with Crippen LogP contribution in [0.1, 0.15) is 21.5 Å². The van der Waals surface area contributed by atoms with Crippen molar-refractivity contribution < 1.29 is 30.3 Å². The molecule has 0 unspecified atom stereocenters. The molecule has 0 amide bonds. The Balaban J connectivity index is 2.06. The molecule has 0 aliphatic carbocycles. The molecule has 0 saturated heterocycles. The quantitative estimate of drug-likeness (QED) is 0.415. The van der Waals surface area contributed by atoms with E-state index in [1.54, 1.807) is 23.1 Å². The van der Waals surface area contributed by atoms with Gasteiger partial charge in [0.15, 0.2) is 0 Å². The first-order valence-electron chi connectivity index (χ1n) is 8.44. The smallest absolute Gasteiger partial charge is 0.335 e. The summed E-state index contributed by atoms with van der Waals surface area (Å²) in [5.41, 5.74) is 1.11. The number of rotatable bonds is 6. The Morgan fingerprint density at radius 2 is 1.39 bits per heavy atom. The summed E-state index contributed by atoms with van der Waals surface area (Å²) in [4.78, 5) is 12.9. The number of aromatic hydroxyl groups is 4. The number of benzene rings is 3. The topological polar surface area (TPSA) is 121 Å². The average molecular weight is 381 g/mol. The van der Waals surface area contributed by atoms with Gasteiger partial charge in [0.2, 0.25) is 0 Å². The van der Waals surface area contributed by atoms with Gasteiger partial charge in [-0.2, -0.15) is 0 Å². The largest absolute Gasteiger partial charge is 0.508 e. The summed E-state index contributed by atoms with van der Waals surface area (Å²) in [7, 11) is 0. The number of carboxylic acid groups (broad SMARTS) is 1. The molecule has 0 aliphatic rings. The molecule has 0 fully saturated rings. The van der Waals surface area contributed by atoms with Gasteiger partial charge in [0.1, 0.15) is 23.0 Å². The summed E-state index contributed by atoms with van der Waals surface area (Å²) in [5, 5.41) is 49.6. The summed E-state index contributed by atoms with van der Waals surface area (Å²) in [6.45, 7) is 0.170. The van der Waals surface area contributed by atoms with Crippen molar-refractivity contribution in [3.05, 3.63) is 77.4 Å². The Kier molecular flexibility index (Phi) is 5.26. The summed E-state index contributed by atoms with van der Waals surface area (Å²) in [6.07, 6.45) is 0. The molecule has 0 heterocycles. The lowest BCUT2D eigenvalue weighted by molar-refractivity contribution is 0.0697. The van der Waals surface area contributed by atoms with Crippen LogP contribution in [0.25, 0.3) is 0 Å². The fourth-order valence-corrected chi connectivity index (χ4v) is 2.89. The van der Waals surface area contributed by atoms with Gasteiger partial charge >= 0.3 is 5.97 Å². The lowest BCUT2D eigenvalue weighted by Crippen LogP contribution is -2.22. The van der Waals surface area contributed by atoms with Crippen LogP contribution in [0, 0.1) is 0 Å². The number of para-hydroxylation sites is 1. The predicted molar refractivity (Wildman–Crippen MR) is 103 cm³/mol. The van der Waals surface area contributed by atoms with E-state index in [0.717, 1.165) is 0 Å². The maximum atomic E-state index is 11.3. The van der Waals surface area contributed by atoms with Gasteiger partial charge in [-0.05, 0) is 42.5 Å². The molecular weight excluding hydrogens is 362 g/mol. The predicted octanol–water partition coefficient (Wildman–Crippen LogP) is 3.41. The van der Waals surface area contributed by atoms with Crippen LogP contribution in [-0.4, -0.2) is 31.5 Å². The van der Waals surface area contributed by atoms with E-state index in [9.17, 15) is 30.3 Å². The number of aromatic carboxylic acids is 1. The molecule has 7 nitrogen and oxygen atoms in total. The van der Waals surface area contributed by atoms with Crippen molar-refractivity contribution in [3.63, 3.8) is 0 Å². The lowest BCUT2D eigenvalue weighted by Gasteiger charge is -2.27. The zero-order chi connectivity index (χ0) is 20.3. The van der Waals surface area contributed by atoms with Crippen molar-refractivity contribution in [1.82, 2.24) is 0 Å². The van der Waals surface area contributed by atoms with Gasteiger partial charge in [0, 0.05) is 24.2 Å². The van der Waals surface area contributed by atoms with Crippen LogP contribution in [0.2, 0.25) is 0 Å². The maximum absolute atomic E-state index is 11.3. The van der Waals surface area contributed by atoms with E-state index in [4.69, 9.17) is 0 Å². The summed E-state index contributed by atoms with van der Waals surface area (Å²) >= 11 is 0. The van der Waals surface area contributed by atoms with Crippen LogP contribution in [-0.2, 0) is 13.1 Å². The number of anilines is 1. The summed E-state index contributed by atoms with van der Waals surface area (Å²) in [6, 6.07) is 14.6. The highest BCUT2D eigenvalue weighted by molar-refractivity contribution is 5.89. The number of phenols is 4. The summed E-state index contributed by atoms with van der Waals surface area (Å²) < 4.78 is 0. The number of carboxylic acids is 1. The second-order valence-electron chi connectivity index (χ2n) is 6.31. The first-order chi connectivity index (χ1) is 13.3. The van der Waals surface area contributed by atoms with E-state index < -0.39 is 5.97 Å². The van der Waals surface area contributed by atoms with Crippen LogP contribution >= 0.6 is 0 Å². The highest BCUT2D eigenvalue weighted by Crippen LogP contribution is 2.34. The molecule has 0 saturated carbocycles. The van der Waals surface area contributed by atoms with Crippen molar-refractivity contribution in [2.75, 3.05) is 4.90 Å². The molecule has 0 spiro atoms. The third-order valence-electron chi connectivity index (χ3n) is 4.34. The van der Waals surface area contributed by atoms with Gasteiger partial charge < -0.3 is 30.4 Å². The van der Waals surface area contributed by atoms with Crippen molar-refractivity contribution in [1.29, 1.82) is 0 Å². The van der Waals surface area contributed by atoms with Gasteiger partial charge in [-0.15, -0.1) is 0 Å². The minimum Gasteiger partial charge on any atom is -0.508 e. The fraction of sp³-hybridized carbons (Fsp3) is 0.0952. The molecule has 3 rings (SSSR count). The normalized spacial score (nSPS) is 10.6. The van der Waals surface area contributed by atoms with Crippen LogP contribution in [0.5, 0.6) is 23.0 Å². The van der Waals surface area contributed by atoms with Crippen molar-refractivity contribution >= 4 is 11.7 Å². The molecule has 144 valence electrons. The van der Waals surface area contributed by atoms with E-state index in [2.05, 4.69) is 0 Å². The zero-order valence-corrected chi connectivity index (χ0v) is 14.8. The zero-order valence-electron chi connectivity index (χ0n) is 14.8. The van der Waals surface area contributed by atoms with Crippen LogP contribution in [0.4, 0.5) is 5.69 Å². The first-order valence-corrected chi connectivity index (χ1v) is 8.44. The maximum Gasteiger partial charge on any atom is 0.335 e. The Morgan fingerprint density at radius 3 is 2.11 bits per heavy atom. The number of hydrogen-bond donors (Lipinski definition) is 5. The third-order valence-corrected chi connectivity index (χ3v) is 4.34. The number of phenolic OH excluding ortho intramolecular Hbond substituents is 4. The second-order valence-corrected chi connectivity index (χ2v) is 6.31. The summed E-state index contributed by atoms with van der Waals surface area (Å²) in [5.74, 6) is -1.36. The number of hydrogen-bond acceptors (Lipinski definition) is 6. The van der Waals surface area contributed by atoms with Gasteiger partial charge in [0.05, 0.1) is 11.3 Å². The molecule has 3 aromatic carbocycles. The Hall–Kier alpha value is -3.87. The van der Waals surface area contributed by atoms with Crippen LogP contribution < -0.4 is 4.90 Å². The molecule has 0 atom stereocenters. The SMILES string of the molecule is O=C(O)c1ccc(O)c(N(Cc2ccccc2O)Cc2cc(O)ccc2O)c1. The van der Waals surface area contributed by atoms with E-state index in [1.165, 1.54) is 42.5 Å². The second kappa shape index (κ2) is 7.79. The molecule has 0 radical (unpaired) electrons. The Morgan fingerprint density at radius 1 is 0.750 bits per heavy atom. The molecule has 3 aromatic rings. The Labute approximate surface area is 161 Å². The van der Waals surface area contributed by atoms with E-state index in [0.29, 0.717) is 11.1 Å². The molecular formula is C21H19NO6. The number of nitrogens with zero attached hydrogens (tertiary/aromatic N) is 1. The monoisotopic (exact) mass is 381 g/mol. The third kappa shape index (κ3) is 4.09. The van der Waals surface area contributed by atoms with Crippen LogP contribution in [0.15, 0.2) is 60.7 Å². The first kappa shape index (κ1) is 18.9. The molecule has 28 heavy (non-hydrogen) atoms. The molecule has 5 N–H and O–H groups in total. The van der Waals surface area contributed by atoms with Gasteiger partial charge in [-0.25, -0.2) is 4.79 Å². The molecule has 7 heteroatoms. The highest BCUT2D eigenvalue weighted by atomic mass is 16.4. The highest BCUT2D eigenvalue weighted by Gasteiger charge is 2.18. The van der Waals surface area contributed by atoms with Gasteiger partial charge in [-0.3, -0.25) is 0 Å². The lowest BCUT2D eigenvalue weighted by atomic mass is 10.1.